The second-order valence-electron chi connectivity index (χ2n) is 5.35. The summed E-state index contributed by atoms with van der Waals surface area (Å²) in [6.07, 6.45) is 0. The number of anilines is 1. The molecule has 1 unspecified atom stereocenters. The van der Waals surface area contributed by atoms with Crippen LogP contribution in [-0.2, 0) is 0 Å². The predicted octanol–water partition coefficient (Wildman–Crippen LogP) is 1.03. The monoisotopic (exact) mass is 296 g/mol. The number of benzene rings is 1. The molecule has 0 saturated heterocycles. The van der Waals surface area contributed by atoms with E-state index >= 15 is 0 Å². The van der Waals surface area contributed by atoms with E-state index in [2.05, 4.69) is 10.6 Å². The molecule has 8 heteroatoms. The van der Waals surface area contributed by atoms with Gasteiger partial charge in [-0.2, -0.15) is 0 Å². The van der Waals surface area contributed by atoms with Crippen LogP contribution in [0, 0.1) is 10.1 Å². The van der Waals surface area contributed by atoms with Crippen LogP contribution in [0.3, 0.4) is 0 Å². The molecule has 0 aliphatic heterocycles. The Bertz CT molecular complexity index is 499. The Labute approximate surface area is 122 Å². The summed E-state index contributed by atoms with van der Waals surface area (Å²) in [5, 5.41) is 25.6. The Morgan fingerprint density at radius 1 is 1.38 bits per heavy atom. The van der Waals surface area contributed by atoms with E-state index in [0.29, 0.717) is 12.2 Å². The first kappa shape index (κ1) is 16.9. The van der Waals surface area contributed by atoms with Crippen LogP contribution in [0.15, 0.2) is 24.3 Å². The average Bonchev–Trinajstić information content (AvgIpc) is 2.36. The highest BCUT2D eigenvalue weighted by atomic mass is 16.6. The second-order valence-corrected chi connectivity index (χ2v) is 5.35. The van der Waals surface area contributed by atoms with Gasteiger partial charge in [-0.15, -0.1) is 0 Å². The number of likely N-dealkylation sites (N-methyl/N-ethyl adjacent to an activating group) is 1. The number of hydrogen-bond acceptors (Lipinski definition) is 5. The largest absolute Gasteiger partial charge is 0.387 e. The summed E-state index contributed by atoms with van der Waals surface area (Å²) in [6.45, 7) is 2.12. The number of nitrogens with one attached hydrogen (secondary N) is 2. The van der Waals surface area contributed by atoms with Crippen LogP contribution < -0.4 is 10.6 Å². The van der Waals surface area contributed by atoms with Gasteiger partial charge in [-0.05, 0) is 33.2 Å². The van der Waals surface area contributed by atoms with Crippen molar-refractivity contribution >= 4 is 17.4 Å². The molecule has 0 saturated carbocycles. The highest BCUT2D eigenvalue weighted by Crippen LogP contribution is 2.15. The lowest BCUT2D eigenvalue weighted by atomic mass is 10.1. The standard InChI is InChI=1S/C13H20N4O4/c1-13(19,9-16(2)3)8-14-12(18)15-10-4-6-11(7-5-10)17(20)21/h4-7,19H,8-9H2,1-3H3,(H2,14,15,18). The van der Waals surface area contributed by atoms with Gasteiger partial charge in [-0.25, -0.2) is 4.79 Å². The third-order valence-corrected chi connectivity index (χ3v) is 2.62. The summed E-state index contributed by atoms with van der Waals surface area (Å²) in [6, 6.07) is 5.00. The molecule has 0 heterocycles. The zero-order chi connectivity index (χ0) is 16.0. The lowest BCUT2D eigenvalue weighted by molar-refractivity contribution is -0.384. The van der Waals surface area contributed by atoms with E-state index in [4.69, 9.17) is 0 Å². The molecule has 2 amide bonds. The van der Waals surface area contributed by atoms with E-state index in [1.165, 1.54) is 24.3 Å². The Kier molecular flexibility index (Phi) is 5.62. The first-order valence-corrected chi connectivity index (χ1v) is 6.36. The predicted molar refractivity (Wildman–Crippen MR) is 79.3 cm³/mol. The molecular weight excluding hydrogens is 276 g/mol. The van der Waals surface area contributed by atoms with Crippen molar-refractivity contribution in [3.63, 3.8) is 0 Å². The zero-order valence-electron chi connectivity index (χ0n) is 12.3. The molecule has 0 bridgehead atoms. The third kappa shape index (κ3) is 6.19. The number of nitro benzene ring substituents is 1. The maximum Gasteiger partial charge on any atom is 0.319 e. The third-order valence-electron chi connectivity index (χ3n) is 2.62. The average molecular weight is 296 g/mol. The van der Waals surface area contributed by atoms with Crippen molar-refractivity contribution in [3.05, 3.63) is 34.4 Å². The van der Waals surface area contributed by atoms with Gasteiger partial charge in [-0.1, -0.05) is 0 Å². The van der Waals surface area contributed by atoms with Gasteiger partial charge in [0.2, 0.25) is 0 Å². The van der Waals surface area contributed by atoms with Crippen molar-refractivity contribution < 1.29 is 14.8 Å². The van der Waals surface area contributed by atoms with E-state index in [1.807, 2.05) is 19.0 Å². The van der Waals surface area contributed by atoms with Crippen molar-refractivity contribution in [1.29, 1.82) is 0 Å². The molecule has 1 aromatic carbocycles. The number of urea groups is 1. The van der Waals surface area contributed by atoms with Gasteiger partial charge in [0.15, 0.2) is 0 Å². The summed E-state index contributed by atoms with van der Waals surface area (Å²) in [7, 11) is 3.65. The molecule has 21 heavy (non-hydrogen) atoms. The van der Waals surface area contributed by atoms with Gasteiger partial charge in [-0.3, -0.25) is 10.1 Å². The molecule has 0 fully saturated rings. The van der Waals surface area contributed by atoms with Gasteiger partial charge >= 0.3 is 6.03 Å². The fraction of sp³-hybridized carbons (Fsp3) is 0.462. The molecule has 0 radical (unpaired) electrons. The summed E-state index contributed by atoms with van der Waals surface area (Å²) in [5.41, 5.74) is -0.656. The van der Waals surface area contributed by atoms with Gasteiger partial charge < -0.3 is 20.6 Å². The second kappa shape index (κ2) is 7.00. The maximum atomic E-state index is 11.7. The van der Waals surface area contributed by atoms with E-state index in [-0.39, 0.29) is 12.2 Å². The van der Waals surface area contributed by atoms with E-state index in [1.54, 1.807) is 6.92 Å². The number of carbonyl (C=O) groups excluding carboxylic acids is 1. The van der Waals surface area contributed by atoms with Crippen molar-refractivity contribution in [1.82, 2.24) is 10.2 Å². The number of carbonyl (C=O) groups is 1. The number of hydrogen-bond donors (Lipinski definition) is 3. The van der Waals surface area contributed by atoms with Crippen LogP contribution in [0.25, 0.3) is 0 Å². The minimum Gasteiger partial charge on any atom is -0.387 e. The molecule has 116 valence electrons. The lowest BCUT2D eigenvalue weighted by Gasteiger charge is -2.27. The van der Waals surface area contributed by atoms with Crippen LogP contribution in [0.5, 0.6) is 0 Å². The number of nitrogens with zero attached hydrogens (tertiary/aromatic N) is 2. The van der Waals surface area contributed by atoms with Crippen molar-refractivity contribution in [2.45, 2.75) is 12.5 Å². The first-order valence-electron chi connectivity index (χ1n) is 6.36. The minimum absolute atomic E-state index is 0.0464. The molecule has 1 aromatic rings. The minimum atomic E-state index is -1.05. The molecule has 1 atom stereocenters. The molecule has 0 spiro atoms. The Morgan fingerprint density at radius 3 is 2.43 bits per heavy atom. The SMILES string of the molecule is CN(C)CC(C)(O)CNC(=O)Nc1ccc([N+](=O)[O-])cc1. The Balaban J connectivity index is 2.48. The topological polar surface area (TPSA) is 108 Å². The molecule has 3 N–H and O–H groups in total. The number of amides is 2. The van der Waals surface area contributed by atoms with E-state index < -0.39 is 16.6 Å². The normalized spacial score (nSPS) is 13.6. The highest BCUT2D eigenvalue weighted by Gasteiger charge is 2.22. The van der Waals surface area contributed by atoms with Crippen LogP contribution in [0.4, 0.5) is 16.2 Å². The summed E-state index contributed by atoms with van der Waals surface area (Å²) >= 11 is 0. The summed E-state index contributed by atoms with van der Waals surface area (Å²) in [5.74, 6) is 0. The molecule has 0 aliphatic carbocycles. The van der Waals surface area contributed by atoms with E-state index in [0.717, 1.165) is 0 Å². The first-order chi connectivity index (χ1) is 9.69. The number of non-ortho nitro benzene ring substituents is 1. The molecular formula is C13H20N4O4. The quantitative estimate of drug-likeness (QED) is 0.537. The van der Waals surface area contributed by atoms with Gasteiger partial charge in [0, 0.05) is 30.9 Å². The van der Waals surface area contributed by atoms with Crippen LogP contribution >= 0.6 is 0 Å². The van der Waals surface area contributed by atoms with Crippen LogP contribution in [0.1, 0.15) is 6.92 Å². The van der Waals surface area contributed by atoms with Crippen molar-refractivity contribution in [2.24, 2.45) is 0 Å². The van der Waals surface area contributed by atoms with Crippen LogP contribution in [0.2, 0.25) is 0 Å². The Morgan fingerprint density at radius 2 is 1.95 bits per heavy atom. The van der Waals surface area contributed by atoms with Gasteiger partial charge in [0.1, 0.15) is 0 Å². The molecule has 8 nitrogen and oxygen atoms in total. The summed E-state index contributed by atoms with van der Waals surface area (Å²) < 4.78 is 0. The number of rotatable bonds is 6. The van der Waals surface area contributed by atoms with Gasteiger partial charge in [0.05, 0.1) is 10.5 Å². The van der Waals surface area contributed by atoms with E-state index in [9.17, 15) is 20.0 Å². The molecule has 1 rings (SSSR count). The van der Waals surface area contributed by atoms with Crippen LogP contribution in [-0.4, -0.2) is 53.7 Å². The highest BCUT2D eigenvalue weighted by molar-refractivity contribution is 5.89. The van der Waals surface area contributed by atoms with Crippen molar-refractivity contribution in [2.75, 3.05) is 32.5 Å². The zero-order valence-corrected chi connectivity index (χ0v) is 12.3. The summed E-state index contributed by atoms with van der Waals surface area (Å²) in [4.78, 5) is 23.5. The Hall–Kier alpha value is -2.19. The van der Waals surface area contributed by atoms with Crippen molar-refractivity contribution in [3.8, 4) is 0 Å². The number of aliphatic hydroxyl groups is 1. The molecule has 0 aromatic heterocycles. The number of nitro groups is 1. The maximum absolute atomic E-state index is 11.7. The lowest BCUT2D eigenvalue weighted by Crippen LogP contribution is -2.48. The molecule has 0 aliphatic rings. The fourth-order valence-corrected chi connectivity index (χ4v) is 1.85. The smallest absolute Gasteiger partial charge is 0.319 e. The fourth-order valence-electron chi connectivity index (χ4n) is 1.85. The van der Waals surface area contributed by atoms with Gasteiger partial charge in [0.25, 0.3) is 5.69 Å².